The number of carbonyl (C=O) groups excluding carboxylic acids is 1. The highest BCUT2D eigenvalue weighted by atomic mass is 16.6. The number of alkyl carbamates (subject to hydrolysis) is 1. The molecule has 1 saturated heterocycles. The van der Waals surface area contributed by atoms with Crippen LogP contribution in [0, 0.1) is 34.5 Å². The van der Waals surface area contributed by atoms with Crippen molar-refractivity contribution in [3.8, 4) is 0 Å². The highest BCUT2D eigenvalue weighted by Crippen LogP contribution is 2.69. The van der Waals surface area contributed by atoms with Gasteiger partial charge >= 0.3 is 6.09 Å². The Morgan fingerprint density at radius 2 is 1.84 bits per heavy atom. The molecule has 140 valence electrons. The van der Waals surface area contributed by atoms with E-state index in [4.69, 9.17) is 4.74 Å². The highest BCUT2D eigenvalue weighted by molar-refractivity contribution is 5.70. The van der Waals surface area contributed by atoms with Crippen molar-refractivity contribution in [2.24, 2.45) is 34.5 Å². The number of aliphatic hydroxyl groups excluding tert-OH is 1. The van der Waals surface area contributed by atoms with E-state index < -0.39 is 0 Å². The third-order valence-electron chi connectivity index (χ3n) is 9.73. The average molecular weight is 347 g/mol. The summed E-state index contributed by atoms with van der Waals surface area (Å²) in [5.74, 6) is 3.00. The number of amides is 1. The molecule has 1 aliphatic heterocycles. The number of hydrogen-bond acceptors (Lipinski definition) is 3. The fourth-order valence-electron chi connectivity index (χ4n) is 8.25. The van der Waals surface area contributed by atoms with Crippen molar-refractivity contribution in [2.45, 2.75) is 83.3 Å². The van der Waals surface area contributed by atoms with E-state index in [2.05, 4.69) is 19.2 Å². The van der Waals surface area contributed by atoms with Crippen molar-refractivity contribution in [1.82, 2.24) is 5.32 Å². The molecule has 4 aliphatic carbocycles. The van der Waals surface area contributed by atoms with Crippen LogP contribution in [0.15, 0.2) is 0 Å². The predicted molar refractivity (Wildman–Crippen MR) is 94.9 cm³/mol. The molecule has 0 radical (unpaired) electrons. The maximum atomic E-state index is 11.8. The Morgan fingerprint density at radius 3 is 2.60 bits per heavy atom. The number of carbonyl (C=O) groups is 1. The number of hydrogen-bond donors (Lipinski definition) is 2. The number of aliphatic hydroxyl groups is 1. The van der Waals surface area contributed by atoms with Crippen LogP contribution in [0.4, 0.5) is 4.79 Å². The van der Waals surface area contributed by atoms with E-state index in [0.717, 1.165) is 31.1 Å². The van der Waals surface area contributed by atoms with Crippen molar-refractivity contribution < 1.29 is 14.6 Å². The fraction of sp³-hybridized carbons (Fsp3) is 0.952. The van der Waals surface area contributed by atoms with Gasteiger partial charge in [-0.05, 0) is 86.9 Å². The van der Waals surface area contributed by atoms with Crippen molar-refractivity contribution in [2.75, 3.05) is 6.54 Å². The summed E-state index contributed by atoms with van der Waals surface area (Å²) < 4.78 is 5.92. The molecule has 1 heterocycles. The summed E-state index contributed by atoms with van der Waals surface area (Å²) in [6, 6.07) is 0. The highest BCUT2D eigenvalue weighted by Gasteiger charge is 2.67. The number of ether oxygens (including phenoxy) is 1. The first kappa shape index (κ1) is 16.4. The van der Waals surface area contributed by atoms with Gasteiger partial charge in [-0.1, -0.05) is 13.8 Å². The van der Waals surface area contributed by atoms with Crippen molar-refractivity contribution in [3.63, 3.8) is 0 Å². The van der Waals surface area contributed by atoms with E-state index in [0.29, 0.717) is 23.8 Å². The molecule has 0 aromatic rings. The maximum absolute atomic E-state index is 11.8. The van der Waals surface area contributed by atoms with Gasteiger partial charge in [0.2, 0.25) is 0 Å². The molecule has 8 atom stereocenters. The lowest BCUT2D eigenvalue weighted by molar-refractivity contribution is -0.149. The summed E-state index contributed by atoms with van der Waals surface area (Å²) in [6.45, 7) is 5.66. The van der Waals surface area contributed by atoms with Crippen LogP contribution in [0.3, 0.4) is 0 Å². The van der Waals surface area contributed by atoms with E-state index in [1.54, 1.807) is 0 Å². The molecule has 5 aliphatic rings. The van der Waals surface area contributed by atoms with Gasteiger partial charge in [0, 0.05) is 5.41 Å². The molecule has 0 bridgehead atoms. The quantitative estimate of drug-likeness (QED) is 0.699. The van der Waals surface area contributed by atoms with Crippen LogP contribution in [0.2, 0.25) is 0 Å². The molecule has 4 nitrogen and oxygen atoms in total. The molecule has 1 spiro atoms. The summed E-state index contributed by atoms with van der Waals surface area (Å²) in [6.07, 6.45) is 10.3. The molecule has 1 amide bonds. The fourth-order valence-corrected chi connectivity index (χ4v) is 8.25. The Hall–Kier alpha value is -0.770. The zero-order valence-electron chi connectivity index (χ0n) is 15.7. The Bertz CT molecular complexity index is 594. The minimum atomic E-state index is -0.250. The summed E-state index contributed by atoms with van der Waals surface area (Å²) in [5, 5.41) is 13.1. The van der Waals surface area contributed by atoms with Gasteiger partial charge in [0.05, 0.1) is 12.6 Å². The van der Waals surface area contributed by atoms with E-state index in [1.165, 1.54) is 38.5 Å². The van der Waals surface area contributed by atoms with E-state index in [9.17, 15) is 9.90 Å². The largest absolute Gasteiger partial charge is 0.440 e. The molecule has 0 aromatic carbocycles. The molecular weight excluding hydrogens is 314 g/mol. The summed E-state index contributed by atoms with van der Waals surface area (Å²) in [4.78, 5) is 11.8. The first-order valence-electron chi connectivity index (χ1n) is 10.5. The third-order valence-corrected chi connectivity index (χ3v) is 9.73. The standard InChI is InChI=1S/C21H33NO3/c1-19-8-5-14(23)11-13(19)3-4-15-16(19)6-9-20(2)17(15)7-10-21(20)12-22-18(24)25-21/h13-17,23H,3-12H2,1-2H3,(H,22,24)/t13-,14-,15+,16-,17-,19-,20-,21+/m0/s1. The second kappa shape index (κ2) is 5.15. The second-order valence-electron chi connectivity index (χ2n) is 10.3. The van der Waals surface area contributed by atoms with Gasteiger partial charge in [0.25, 0.3) is 0 Å². The van der Waals surface area contributed by atoms with Crippen LogP contribution in [0.5, 0.6) is 0 Å². The molecule has 4 heteroatoms. The van der Waals surface area contributed by atoms with Gasteiger partial charge in [-0.15, -0.1) is 0 Å². The lowest BCUT2D eigenvalue weighted by atomic mass is 9.44. The first-order valence-corrected chi connectivity index (χ1v) is 10.5. The lowest BCUT2D eigenvalue weighted by Gasteiger charge is -2.61. The predicted octanol–water partition coefficient (Wildman–Crippen LogP) is 3.87. The topological polar surface area (TPSA) is 58.6 Å². The van der Waals surface area contributed by atoms with Gasteiger partial charge < -0.3 is 15.2 Å². The number of fused-ring (bicyclic) bond motifs is 6. The molecule has 25 heavy (non-hydrogen) atoms. The van der Waals surface area contributed by atoms with Crippen LogP contribution in [0.1, 0.15) is 71.6 Å². The van der Waals surface area contributed by atoms with Gasteiger partial charge in [-0.25, -0.2) is 4.79 Å². The van der Waals surface area contributed by atoms with Crippen LogP contribution in [-0.2, 0) is 4.74 Å². The summed E-state index contributed by atoms with van der Waals surface area (Å²) in [7, 11) is 0. The molecule has 0 aromatic heterocycles. The smallest absolute Gasteiger partial charge is 0.407 e. The van der Waals surface area contributed by atoms with Crippen LogP contribution >= 0.6 is 0 Å². The van der Waals surface area contributed by atoms with Crippen LogP contribution in [-0.4, -0.2) is 29.4 Å². The van der Waals surface area contributed by atoms with Gasteiger partial charge in [0.1, 0.15) is 5.60 Å². The monoisotopic (exact) mass is 347 g/mol. The Balaban J connectivity index is 1.45. The van der Waals surface area contributed by atoms with Crippen molar-refractivity contribution >= 4 is 6.09 Å². The minimum Gasteiger partial charge on any atom is -0.440 e. The van der Waals surface area contributed by atoms with Crippen molar-refractivity contribution in [3.05, 3.63) is 0 Å². The van der Waals surface area contributed by atoms with Gasteiger partial charge in [0.15, 0.2) is 0 Å². The van der Waals surface area contributed by atoms with Crippen molar-refractivity contribution in [1.29, 1.82) is 0 Å². The molecule has 2 N–H and O–H groups in total. The normalized spacial score (nSPS) is 57.4. The van der Waals surface area contributed by atoms with E-state index in [1.807, 2.05) is 0 Å². The molecule has 0 unspecified atom stereocenters. The molecule has 4 saturated carbocycles. The Labute approximate surface area is 151 Å². The second-order valence-corrected chi connectivity index (χ2v) is 10.3. The SMILES string of the molecule is C[C@]12CC[C@H](O)C[C@@H]1CC[C@@H]1[C@@H]2CC[C@@]2(C)[C@H]1CC[C@@]21CNC(=O)O1. The zero-order chi connectivity index (χ0) is 17.4. The van der Waals surface area contributed by atoms with E-state index in [-0.39, 0.29) is 23.2 Å². The first-order chi connectivity index (χ1) is 11.9. The average Bonchev–Trinajstić information content (AvgIpc) is 3.10. The van der Waals surface area contributed by atoms with Gasteiger partial charge in [-0.3, -0.25) is 0 Å². The van der Waals surface area contributed by atoms with E-state index >= 15 is 0 Å². The molecule has 5 rings (SSSR count). The molecule has 5 fully saturated rings. The van der Waals surface area contributed by atoms with Crippen LogP contribution < -0.4 is 5.32 Å². The lowest BCUT2D eigenvalue weighted by Crippen LogP contribution is -2.57. The number of nitrogens with one attached hydrogen (secondary N) is 1. The maximum Gasteiger partial charge on any atom is 0.407 e. The molecular formula is C21H33NO3. The number of rotatable bonds is 0. The Kier molecular flexibility index (Phi) is 3.38. The summed E-state index contributed by atoms with van der Waals surface area (Å²) >= 11 is 0. The third kappa shape index (κ3) is 2.01. The Morgan fingerprint density at radius 1 is 1.04 bits per heavy atom. The van der Waals surface area contributed by atoms with Crippen LogP contribution in [0.25, 0.3) is 0 Å². The zero-order valence-corrected chi connectivity index (χ0v) is 15.7. The minimum absolute atomic E-state index is 0.0674. The van der Waals surface area contributed by atoms with Gasteiger partial charge in [-0.2, -0.15) is 0 Å². The summed E-state index contributed by atoms with van der Waals surface area (Å²) in [5.41, 5.74) is 0.314.